The van der Waals surface area contributed by atoms with Gasteiger partial charge in [0.1, 0.15) is 13.2 Å². The molecule has 0 aromatic heterocycles. The first-order valence-corrected chi connectivity index (χ1v) is 28.9. The molecule has 0 rings (SSSR count). The number of ether oxygens (including phenoxy) is 3. The number of hydrogen-bond acceptors (Lipinski definition) is 19. The molecule has 35 heteroatoms. The fraction of sp³-hybridized carbons (Fsp3) is 0.379. The van der Waals surface area contributed by atoms with E-state index in [1.54, 1.807) is 33.8 Å². The molecule has 0 aliphatic rings. The molecule has 0 spiro atoms. The quantitative estimate of drug-likeness (QED) is 0.0110. The van der Waals surface area contributed by atoms with Gasteiger partial charge in [0.15, 0.2) is 0 Å². The van der Waals surface area contributed by atoms with Crippen molar-refractivity contribution >= 4 is 89.1 Å². The van der Waals surface area contributed by atoms with E-state index in [-0.39, 0.29) is 79.7 Å². The predicted molar refractivity (Wildman–Crippen MR) is 403 cm³/mol. The number of nitrogens with one attached hydrogen (secondary N) is 7. The van der Waals surface area contributed by atoms with E-state index in [0.29, 0.717) is 62.1 Å². The molecule has 0 aliphatic carbocycles. The standard InChI is InChI=1S/C9H17NO2.C9H5NO.C7H10N2O2.C7H14N2O.C7H13NO.C6H9NO.C5H11NO2.C4H7NO.C3H6N2O2.C3H7NO2.C3H5NO.C2H5NO.CH4N2O.5H2/c1-7(2)5-12-6-10-9(11)8(3)4;1-3-5-6-7-8-10-9(11)4-2;1-3-6(10)8-5-9-7(11)4-2;1-6(2)7(10)9-5-3-4-8;1-5-6(9)8-7(2,3)4;1-3-5-7-6(8)4-2;1-2-3-4-8-5(6)7;1-3(2)4(5)6;4-2(6)1-3(5)7;1-2-6-3(4)5;1-2-3(4)5;1-2(3)4;2-1(3)4;;;;;/h7H,3,5-6H2,1-2,4H3,(H,10,11);1,4H,2H2,(H,10,11);3-4H,1-2,5H2,(H,8,10)(H,9,11);1,3-5,8H2,2H3,(H,9,10);5H,1H2,2-4H3,(H,8,9);3-4H,1-2,5H2,(H,7,8);2-4H2,1H3,(H2,6,7);1H2,2H3,(H2,5,6);1H2,(H2,4,6)(H2,5,7);2H2,1H3,(H2,4,5);2H,1H2,(H2,4,5);1H3,(H2,3,4);(H4,2,3,4);5*1H. The van der Waals surface area contributed by atoms with Crippen molar-refractivity contribution in [1.29, 1.82) is 0 Å². The molecule has 0 heterocycles. The van der Waals surface area contributed by atoms with Gasteiger partial charge in [0.2, 0.25) is 65.0 Å². The van der Waals surface area contributed by atoms with Gasteiger partial charge in [-0.25, -0.2) is 14.4 Å². The van der Waals surface area contributed by atoms with Crippen molar-refractivity contribution in [1.82, 2.24) is 37.2 Å². The molecule has 35 nitrogen and oxygen atoms in total. The molecule has 580 valence electrons. The van der Waals surface area contributed by atoms with Crippen molar-refractivity contribution in [2.45, 2.75) is 107 Å². The minimum atomic E-state index is -0.833. The lowest BCUT2D eigenvalue weighted by Gasteiger charge is -2.18. The van der Waals surface area contributed by atoms with E-state index in [2.05, 4.69) is 202 Å². The van der Waals surface area contributed by atoms with Gasteiger partial charge in [0, 0.05) is 67.3 Å². The number of hydrogen-bond donors (Lipinski definition) is 17. The third-order valence-corrected chi connectivity index (χ3v) is 7.04. The normalized spacial score (nSPS) is 8.00. The van der Waals surface area contributed by atoms with Crippen molar-refractivity contribution in [3.63, 3.8) is 0 Å². The van der Waals surface area contributed by atoms with E-state index >= 15 is 0 Å². The van der Waals surface area contributed by atoms with Crippen LogP contribution in [-0.2, 0) is 71.7 Å². The number of unbranched alkanes of at least 4 members (excludes halogenated alkanes) is 1. The summed E-state index contributed by atoms with van der Waals surface area (Å²) in [5.41, 5.74) is 47.0. The van der Waals surface area contributed by atoms with E-state index in [4.69, 9.17) is 27.4 Å². The largest absolute Gasteiger partial charge is 0.450 e. The Hall–Kier alpha value is -12.5. The Bertz CT molecular complexity index is 2730. The van der Waals surface area contributed by atoms with Crippen LogP contribution in [0.15, 0.2) is 125 Å². The van der Waals surface area contributed by atoms with Gasteiger partial charge < -0.3 is 103 Å². The van der Waals surface area contributed by atoms with Crippen molar-refractivity contribution in [3.05, 3.63) is 125 Å². The van der Waals surface area contributed by atoms with Gasteiger partial charge in [-0.15, -0.1) is 13.0 Å². The molecular weight excluding hydrogens is 1320 g/mol. The summed E-state index contributed by atoms with van der Waals surface area (Å²) in [4.78, 5) is 150. The average molecular weight is 1440 g/mol. The highest BCUT2D eigenvalue weighted by Crippen LogP contribution is 1.97. The lowest BCUT2D eigenvalue weighted by molar-refractivity contribution is -0.126. The second-order valence-electron chi connectivity index (χ2n) is 18.7. The van der Waals surface area contributed by atoms with Gasteiger partial charge in [-0.2, -0.15) is 0 Å². The van der Waals surface area contributed by atoms with E-state index in [1.165, 1.54) is 19.1 Å². The minimum Gasteiger partial charge on any atom is -0.450 e. The lowest BCUT2D eigenvalue weighted by Crippen LogP contribution is -2.39. The first-order valence-electron chi connectivity index (χ1n) is 28.9. The van der Waals surface area contributed by atoms with Crippen LogP contribution in [0.25, 0.3) is 0 Å². The summed E-state index contributed by atoms with van der Waals surface area (Å²) in [6.07, 6.45) is 14.3. The van der Waals surface area contributed by atoms with Crippen LogP contribution in [0.2, 0.25) is 0 Å². The predicted octanol–water partition coefficient (Wildman–Crippen LogP) is 1.11. The first kappa shape index (κ1) is 119. The summed E-state index contributed by atoms with van der Waals surface area (Å²) in [6.45, 7) is 56.5. The number of nitrogens with two attached hydrogens (primary N) is 10. The Morgan fingerprint density at radius 1 is 0.554 bits per heavy atom. The number of carbonyl (C=O) groups is 15. The molecule has 0 radical (unpaired) electrons. The maximum atomic E-state index is 10.9. The third kappa shape index (κ3) is 193. The molecule has 0 atom stereocenters. The maximum absolute atomic E-state index is 10.9. The molecule has 0 aromatic carbocycles. The zero-order valence-corrected chi connectivity index (χ0v) is 60.4. The second kappa shape index (κ2) is 91.6. The SMILES string of the molecule is C#CC#CC#CNC(=O)C=C.C=C(C)C(=O)NCCCN.C=C(C)C(=O)NCOCC(C)C.C=C(C)C(N)=O.C=CC(=O)NC(C)(C)C.C=CC(=O)NCNC(=O)C=C.C=CC(N)=O.C=CCNC(=O)C=C.CC(N)=O.CCCCOC(N)=O.CCOC(N)=O.NC(=O)CC(N)=O.NC(N)=O.[HH].[HH].[HH].[HH].[HH]. The maximum Gasteiger partial charge on any atom is 0.404 e. The lowest BCUT2D eigenvalue weighted by atomic mass is 10.1. The molecule has 0 unspecified atom stereocenters. The Labute approximate surface area is 602 Å². The van der Waals surface area contributed by atoms with Crippen molar-refractivity contribution < 1.29 is 93.3 Å². The summed E-state index contributed by atoms with van der Waals surface area (Å²) in [5, 5.41) is 17.4. The van der Waals surface area contributed by atoms with Crippen LogP contribution in [0, 0.1) is 42.1 Å². The highest BCUT2D eigenvalue weighted by Gasteiger charge is 2.10. The van der Waals surface area contributed by atoms with Crippen LogP contribution in [-0.4, -0.2) is 147 Å². The zero-order valence-electron chi connectivity index (χ0n) is 60.4. The molecule has 0 saturated carbocycles. The highest BCUT2D eigenvalue weighted by atomic mass is 16.5. The van der Waals surface area contributed by atoms with E-state index in [9.17, 15) is 67.1 Å². The van der Waals surface area contributed by atoms with Crippen LogP contribution in [0.1, 0.15) is 109 Å². The number of primary amides is 9. The Balaban J connectivity index is -0.0000000498. The van der Waals surface area contributed by atoms with Crippen molar-refractivity contribution in [3.8, 4) is 36.1 Å². The first-order chi connectivity index (χ1) is 46.5. The van der Waals surface area contributed by atoms with E-state index in [0.717, 1.165) is 43.6 Å². The molecule has 0 bridgehead atoms. The van der Waals surface area contributed by atoms with Crippen LogP contribution in [0.3, 0.4) is 0 Å². The molecular formula is C66H123N17O18. The Morgan fingerprint density at radius 2 is 0.941 bits per heavy atom. The van der Waals surface area contributed by atoms with Gasteiger partial charge in [-0.3, -0.25) is 62.9 Å². The van der Waals surface area contributed by atoms with Gasteiger partial charge in [-0.05, 0) is 122 Å². The number of urea groups is 1. The number of amides is 16. The number of terminal acetylenes is 1. The zero-order chi connectivity index (χ0) is 82.5. The number of rotatable bonds is 26. The molecule has 27 N–H and O–H groups in total. The second-order valence-corrected chi connectivity index (χ2v) is 18.7. The third-order valence-electron chi connectivity index (χ3n) is 7.04. The van der Waals surface area contributed by atoms with Gasteiger partial charge in [-0.1, -0.05) is 92.5 Å². The summed E-state index contributed by atoms with van der Waals surface area (Å²) < 4.78 is 13.7. The Kier molecular flexibility index (Phi) is 108. The Morgan fingerprint density at radius 3 is 1.19 bits per heavy atom. The molecule has 0 saturated heterocycles. The summed E-state index contributed by atoms with van der Waals surface area (Å²) >= 11 is 0. The van der Waals surface area contributed by atoms with E-state index < -0.39 is 41.8 Å². The smallest absolute Gasteiger partial charge is 0.404 e. The van der Waals surface area contributed by atoms with Gasteiger partial charge in [0.05, 0.1) is 26.5 Å². The van der Waals surface area contributed by atoms with Crippen molar-refractivity contribution in [2.24, 2.45) is 63.3 Å². The summed E-state index contributed by atoms with van der Waals surface area (Å²) in [5.74, 6) is 5.31. The molecule has 0 fully saturated rings. The topological polar surface area (TPSA) is 628 Å². The fourth-order valence-electron chi connectivity index (χ4n) is 2.92. The van der Waals surface area contributed by atoms with Gasteiger partial charge >= 0.3 is 18.2 Å². The van der Waals surface area contributed by atoms with Crippen LogP contribution in [0.4, 0.5) is 14.4 Å². The highest BCUT2D eigenvalue weighted by molar-refractivity contribution is 5.95. The fourth-order valence-corrected chi connectivity index (χ4v) is 2.92. The van der Waals surface area contributed by atoms with Crippen LogP contribution in [0.5, 0.6) is 0 Å². The summed E-state index contributed by atoms with van der Waals surface area (Å²) in [6, 6.07) is 1.45. The van der Waals surface area contributed by atoms with Crippen LogP contribution >= 0.6 is 0 Å². The minimum absolute atomic E-state index is 0. The molecule has 0 aliphatic heterocycles. The monoisotopic (exact) mass is 1440 g/mol. The molecule has 0 aromatic rings. The van der Waals surface area contributed by atoms with Crippen LogP contribution < -0.4 is 94.6 Å². The summed E-state index contributed by atoms with van der Waals surface area (Å²) in [7, 11) is 0. The average Bonchev–Trinajstić information content (AvgIpc) is 0.965. The molecule has 101 heavy (non-hydrogen) atoms. The van der Waals surface area contributed by atoms with E-state index in [1.807, 2.05) is 27.7 Å². The number of carbonyl (C=O) groups excluding carboxylic acids is 15. The van der Waals surface area contributed by atoms with Crippen molar-refractivity contribution in [2.75, 3.05) is 52.9 Å². The molecule has 16 amide bonds. The van der Waals surface area contributed by atoms with Gasteiger partial charge in [0.25, 0.3) is 5.91 Å².